The molecule has 0 heterocycles. The molecule has 6 nitrogen and oxygen atoms in total. The molecule has 0 bridgehead atoms. The molecule has 0 aliphatic heterocycles. The van der Waals surface area contributed by atoms with Gasteiger partial charge in [0.1, 0.15) is 5.75 Å². The number of amides is 2. The highest BCUT2D eigenvalue weighted by Crippen LogP contribution is 2.19. The Balaban J connectivity index is 1.79. The molecule has 142 valence electrons. The van der Waals surface area contributed by atoms with Crippen molar-refractivity contribution in [2.75, 3.05) is 6.61 Å². The molecule has 27 heavy (non-hydrogen) atoms. The lowest BCUT2D eigenvalue weighted by Crippen LogP contribution is -2.49. The summed E-state index contributed by atoms with van der Waals surface area (Å²) < 4.78 is 5.45. The zero-order valence-corrected chi connectivity index (χ0v) is 16.9. The van der Waals surface area contributed by atoms with Crippen molar-refractivity contribution in [2.24, 2.45) is 0 Å². The van der Waals surface area contributed by atoms with Crippen LogP contribution in [0.1, 0.15) is 21.5 Å². The topological polar surface area (TPSA) is 79.5 Å². The summed E-state index contributed by atoms with van der Waals surface area (Å²) in [4.78, 5) is 23.9. The number of carbonyl (C=O) groups excluding carboxylic acids is 2. The number of ether oxygens (including phenoxy) is 1. The minimum Gasteiger partial charge on any atom is -0.483 e. The molecule has 3 N–H and O–H groups in total. The number of hydrazine groups is 1. The molecule has 0 radical (unpaired) electrons. The van der Waals surface area contributed by atoms with Crippen molar-refractivity contribution in [1.29, 1.82) is 0 Å². The molecule has 0 unspecified atom stereocenters. The van der Waals surface area contributed by atoms with E-state index in [0.29, 0.717) is 15.8 Å². The van der Waals surface area contributed by atoms with Crippen molar-refractivity contribution < 1.29 is 14.3 Å². The minimum atomic E-state index is -0.516. The Morgan fingerprint density at radius 1 is 1.04 bits per heavy atom. The number of thiocarbonyl (C=S) groups is 1. The summed E-state index contributed by atoms with van der Waals surface area (Å²) in [5.41, 5.74) is 7.04. The second kappa shape index (κ2) is 9.55. The summed E-state index contributed by atoms with van der Waals surface area (Å²) in [6.45, 7) is 3.66. The van der Waals surface area contributed by atoms with E-state index < -0.39 is 11.8 Å². The monoisotopic (exact) mass is 425 g/mol. The van der Waals surface area contributed by atoms with Gasteiger partial charge >= 0.3 is 0 Å². The van der Waals surface area contributed by atoms with E-state index in [2.05, 4.69) is 16.2 Å². The van der Waals surface area contributed by atoms with Gasteiger partial charge in [0.25, 0.3) is 11.8 Å². The number of nitrogens with one attached hydrogen (secondary N) is 3. The van der Waals surface area contributed by atoms with Gasteiger partial charge in [-0.25, -0.2) is 0 Å². The SMILES string of the molecule is Cc1ccc(OCC(=O)NNC(=S)NC(=O)c2cc(Cl)cc(Cl)c2)c(C)c1. The van der Waals surface area contributed by atoms with E-state index in [9.17, 15) is 9.59 Å². The van der Waals surface area contributed by atoms with Gasteiger partial charge in [-0.15, -0.1) is 0 Å². The van der Waals surface area contributed by atoms with Crippen LogP contribution >= 0.6 is 35.4 Å². The van der Waals surface area contributed by atoms with Gasteiger partial charge in [0.05, 0.1) is 0 Å². The second-order valence-corrected chi connectivity index (χ2v) is 6.95. The average molecular weight is 426 g/mol. The first-order chi connectivity index (χ1) is 12.7. The van der Waals surface area contributed by atoms with Crippen LogP contribution in [0.2, 0.25) is 10.0 Å². The lowest BCUT2D eigenvalue weighted by atomic mass is 10.1. The highest BCUT2D eigenvalue weighted by molar-refractivity contribution is 7.80. The summed E-state index contributed by atoms with van der Waals surface area (Å²) in [6, 6.07) is 10.0. The summed E-state index contributed by atoms with van der Waals surface area (Å²) >= 11 is 16.7. The number of carbonyl (C=O) groups is 2. The van der Waals surface area contributed by atoms with E-state index >= 15 is 0 Å². The van der Waals surface area contributed by atoms with Crippen LogP contribution in [0, 0.1) is 13.8 Å². The summed E-state index contributed by atoms with van der Waals surface area (Å²) in [7, 11) is 0. The molecular weight excluding hydrogens is 409 g/mol. The number of halogens is 2. The molecule has 9 heteroatoms. The van der Waals surface area contributed by atoms with Crippen LogP contribution in [0.4, 0.5) is 0 Å². The molecule has 0 fully saturated rings. The molecule has 0 atom stereocenters. The lowest BCUT2D eigenvalue weighted by Gasteiger charge is -2.12. The van der Waals surface area contributed by atoms with Crippen molar-refractivity contribution in [3.8, 4) is 5.75 Å². The maximum atomic E-state index is 12.1. The smallest absolute Gasteiger partial charge is 0.276 e. The van der Waals surface area contributed by atoms with Crippen molar-refractivity contribution in [1.82, 2.24) is 16.2 Å². The number of hydrogen-bond donors (Lipinski definition) is 3. The molecule has 0 saturated heterocycles. The van der Waals surface area contributed by atoms with E-state index in [4.69, 9.17) is 40.2 Å². The third kappa shape index (κ3) is 6.71. The van der Waals surface area contributed by atoms with Crippen LogP contribution in [0.3, 0.4) is 0 Å². The Labute approximate surface area is 172 Å². The van der Waals surface area contributed by atoms with Crippen LogP contribution in [0.5, 0.6) is 5.75 Å². The summed E-state index contributed by atoms with van der Waals surface area (Å²) in [5, 5.41) is 2.96. The van der Waals surface area contributed by atoms with Gasteiger partial charge in [0.2, 0.25) is 0 Å². The number of benzene rings is 2. The van der Waals surface area contributed by atoms with Gasteiger partial charge in [0.15, 0.2) is 11.7 Å². The fourth-order valence-electron chi connectivity index (χ4n) is 2.16. The summed E-state index contributed by atoms with van der Waals surface area (Å²) in [5.74, 6) is -0.362. The van der Waals surface area contributed by atoms with Gasteiger partial charge in [-0.05, 0) is 55.9 Å². The Bertz CT molecular complexity index is 870. The number of aryl methyl sites for hydroxylation is 2. The molecule has 2 amide bonds. The predicted octanol–water partition coefficient (Wildman–Crippen LogP) is 3.32. The van der Waals surface area contributed by atoms with E-state index in [0.717, 1.165) is 11.1 Å². The average Bonchev–Trinajstić information content (AvgIpc) is 2.58. The molecule has 2 aromatic rings. The molecule has 0 aliphatic rings. The normalized spacial score (nSPS) is 10.1. The van der Waals surface area contributed by atoms with Gasteiger partial charge in [0, 0.05) is 15.6 Å². The van der Waals surface area contributed by atoms with Gasteiger partial charge in [-0.2, -0.15) is 0 Å². The Hall–Kier alpha value is -2.35. The third-order valence-electron chi connectivity index (χ3n) is 3.36. The third-order valence-corrected chi connectivity index (χ3v) is 4.00. The van der Waals surface area contributed by atoms with Crippen molar-refractivity contribution in [3.05, 3.63) is 63.1 Å². The molecular formula is C18H17Cl2N3O3S. The van der Waals surface area contributed by atoms with Crippen LogP contribution in [-0.4, -0.2) is 23.5 Å². The quantitative estimate of drug-likeness (QED) is 0.517. The van der Waals surface area contributed by atoms with Crippen LogP contribution < -0.4 is 20.9 Å². The molecule has 2 rings (SSSR count). The highest BCUT2D eigenvalue weighted by Gasteiger charge is 2.11. The molecule has 0 saturated carbocycles. The zero-order valence-electron chi connectivity index (χ0n) is 14.6. The van der Waals surface area contributed by atoms with E-state index in [1.165, 1.54) is 18.2 Å². The van der Waals surface area contributed by atoms with Gasteiger partial charge < -0.3 is 4.74 Å². The van der Waals surface area contributed by atoms with E-state index in [-0.39, 0.29) is 17.3 Å². The summed E-state index contributed by atoms with van der Waals surface area (Å²) in [6.07, 6.45) is 0. The molecule has 0 aliphatic carbocycles. The molecule has 0 aromatic heterocycles. The van der Waals surface area contributed by atoms with Crippen molar-refractivity contribution >= 4 is 52.3 Å². The van der Waals surface area contributed by atoms with Crippen LogP contribution in [-0.2, 0) is 4.79 Å². The lowest BCUT2D eigenvalue weighted by molar-refractivity contribution is -0.123. The first kappa shape index (κ1) is 21.0. The fourth-order valence-corrected chi connectivity index (χ4v) is 2.83. The van der Waals surface area contributed by atoms with Crippen molar-refractivity contribution in [3.63, 3.8) is 0 Å². The zero-order chi connectivity index (χ0) is 20.0. The van der Waals surface area contributed by atoms with Crippen molar-refractivity contribution in [2.45, 2.75) is 13.8 Å². The highest BCUT2D eigenvalue weighted by atomic mass is 35.5. The standard InChI is InChI=1S/C18H17Cl2N3O3S/c1-10-3-4-15(11(2)5-10)26-9-16(24)22-23-18(27)21-17(25)12-6-13(19)8-14(20)7-12/h3-8H,9H2,1-2H3,(H,22,24)(H2,21,23,25,27). The number of hydrogen-bond acceptors (Lipinski definition) is 4. The molecule has 0 spiro atoms. The predicted molar refractivity (Wildman–Crippen MR) is 109 cm³/mol. The largest absolute Gasteiger partial charge is 0.483 e. The van der Waals surface area contributed by atoms with E-state index in [1.54, 1.807) is 6.07 Å². The maximum Gasteiger partial charge on any atom is 0.276 e. The molecule has 2 aromatic carbocycles. The van der Waals surface area contributed by atoms with Gasteiger partial charge in [-0.1, -0.05) is 40.9 Å². The van der Waals surface area contributed by atoms with Gasteiger partial charge in [-0.3, -0.25) is 25.8 Å². The second-order valence-electron chi connectivity index (χ2n) is 5.67. The Morgan fingerprint density at radius 2 is 1.70 bits per heavy atom. The van der Waals surface area contributed by atoms with Crippen LogP contribution in [0.25, 0.3) is 0 Å². The Kier molecular flexibility index (Phi) is 7.41. The van der Waals surface area contributed by atoms with Crippen LogP contribution in [0.15, 0.2) is 36.4 Å². The first-order valence-corrected chi connectivity index (χ1v) is 8.97. The maximum absolute atomic E-state index is 12.1. The van der Waals surface area contributed by atoms with E-state index in [1.807, 2.05) is 26.0 Å². The minimum absolute atomic E-state index is 0.0871. The fraction of sp³-hybridized carbons (Fsp3) is 0.167. The number of rotatable bonds is 4. The first-order valence-electron chi connectivity index (χ1n) is 7.81. The Morgan fingerprint density at radius 3 is 2.33 bits per heavy atom.